The van der Waals surface area contributed by atoms with E-state index in [9.17, 15) is 9.59 Å². The summed E-state index contributed by atoms with van der Waals surface area (Å²) >= 11 is 0. The maximum atomic E-state index is 13.2. The van der Waals surface area contributed by atoms with Crippen molar-refractivity contribution in [1.29, 1.82) is 0 Å². The van der Waals surface area contributed by atoms with Gasteiger partial charge in [-0.2, -0.15) is 0 Å². The van der Waals surface area contributed by atoms with Gasteiger partial charge in [-0.3, -0.25) is 9.59 Å². The summed E-state index contributed by atoms with van der Waals surface area (Å²) in [6, 6.07) is 15.5. The third-order valence-electron chi connectivity index (χ3n) is 7.47. The molecular formula is C37H47N3O12. The molecule has 3 aromatic rings. The van der Waals surface area contributed by atoms with Crippen LogP contribution in [0.15, 0.2) is 54.6 Å². The third kappa shape index (κ3) is 14.3. The number of hydrogen-bond acceptors (Lipinski definition) is 13. The van der Waals surface area contributed by atoms with E-state index in [0.29, 0.717) is 129 Å². The molecule has 0 saturated carbocycles. The SMILES string of the molecule is O=C1NCc2cc3cc(c2)OCCOCCOCCOCCOc2cc(cc(c2)OCCOCCOCCOCCO3)CNC(=O)c2cccc1n2. The quantitative estimate of drug-likeness (QED) is 0.348. The first-order valence-corrected chi connectivity index (χ1v) is 17.4. The lowest BCUT2D eigenvalue weighted by atomic mass is 10.2. The highest BCUT2D eigenvalue weighted by Gasteiger charge is 2.14. The minimum Gasteiger partial charge on any atom is -0.491 e. The summed E-state index contributed by atoms with van der Waals surface area (Å²) < 4.78 is 57.7. The molecule has 15 nitrogen and oxygen atoms in total. The molecule has 0 fully saturated rings. The first-order valence-electron chi connectivity index (χ1n) is 17.4. The second-order valence-electron chi connectivity index (χ2n) is 11.5. The number of hydrogen-bond donors (Lipinski definition) is 2. The van der Waals surface area contributed by atoms with Crippen LogP contribution in [0, 0.1) is 0 Å². The highest BCUT2D eigenvalue weighted by atomic mass is 16.6. The minimum absolute atomic E-state index is 0.0932. The van der Waals surface area contributed by atoms with Gasteiger partial charge in [0.2, 0.25) is 0 Å². The fourth-order valence-electron chi connectivity index (χ4n) is 4.99. The molecule has 2 N–H and O–H groups in total. The molecule has 0 atom stereocenters. The first-order chi connectivity index (χ1) is 25.6. The Morgan fingerprint density at radius 3 is 1.00 bits per heavy atom. The smallest absolute Gasteiger partial charge is 0.270 e. The maximum Gasteiger partial charge on any atom is 0.270 e. The van der Waals surface area contributed by atoms with Crippen molar-refractivity contribution in [2.45, 2.75) is 13.1 Å². The van der Waals surface area contributed by atoms with Crippen LogP contribution in [0.25, 0.3) is 0 Å². The highest BCUT2D eigenvalue weighted by Crippen LogP contribution is 2.25. The second kappa shape index (κ2) is 22.4. The average Bonchev–Trinajstić information content (AvgIpc) is 3.16. The minimum atomic E-state index is -0.449. The number of ether oxygens (including phenoxy) is 10. The second-order valence-corrected chi connectivity index (χ2v) is 11.5. The maximum absolute atomic E-state index is 13.2. The van der Waals surface area contributed by atoms with Gasteiger partial charge in [-0.1, -0.05) is 6.07 Å². The van der Waals surface area contributed by atoms with E-state index in [-0.39, 0.29) is 24.5 Å². The number of amides is 2. The van der Waals surface area contributed by atoms with Gasteiger partial charge in [-0.15, -0.1) is 0 Å². The van der Waals surface area contributed by atoms with E-state index in [0.717, 1.165) is 11.1 Å². The zero-order chi connectivity index (χ0) is 36.1. The van der Waals surface area contributed by atoms with Crippen LogP contribution in [0.1, 0.15) is 32.1 Å². The van der Waals surface area contributed by atoms with Crippen molar-refractivity contribution in [3.05, 3.63) is 77.1 Å². The summed E-state index contributed by atoms with van der Waals surface area (Å²) in [6.45, 7) is 6.14. The highest BCUT2D eigenvalue weighted by molar-refractivity contribution is 5.96. The van der Waals surface area contributed by atoms with Crippen molar-refractivity contribution in [2.24, 2.45) is 0 Å². The van der Waals surface area contributed by atoms with Gasteiger partial charge in [0.25, 0.3) is 11.8 Å². The molecule has 282 valence electrons. The summed E-state index contributed by atoms with van der Waals surface area (Å²) in [5.74, 6) is 1.30. The van der Waals surface area contributed by atoms with E-state index in [2.05, 4.69) is 15.6 Å². The standard InChI is InChI=1S/C37H47N3O12/c41-36-34-2-1-3-35(40-34)37(42)39-27-29-22-32-25-33(23-29)52-19-15-48-11-7-44-5-9-46-13-17-50-31-21-28(26-38-36)20-30(24-31)49-16-12-45-8-4-43-6-10-47-14-18-51-32/h1-3,20-25H,4-19,26-27H2,(H,38,41)(H,39,42). The molecule has 15 heteroatoms. The average molecular weight is 726 g/mol. The van der Waals surface area contributed by atoms with Crippen LogP contribution < -0.4 is 29.6 Å². The van der Waals surface area contributed by atoms with E-state index in [4.69, 9.17) is 47.4 Å². The summed E-state index contributed by atoms with van der Waals surface area (Å²) in [5, 5.41) is 5.75. The number of benzene rings is 2. The molecule has 0 radical (unpaired) electrons. The van der Waals surface area contributed by atoms with Gasteiger partial charge in [0.1, 0.15) is 60.8 Å². The topological polar surface area (TPSA) is 163 Å². The molecule has 2 aromatic carbocycles. The van der Waals surface area contributed by atoms with Crippen LogP contribution in [0.3, 0.4) is 0 Å². The first kappa shape index (κ1) is 38.7. The molecule has 0 unspecified atom stereocenters. The Kier molecular flexibility index (Phi) is 16.7. The Labute approximate surface area is 303 Å². The summed E-state index contributed by atoms with van der Waals surface area (Å²) in [4.78, 5) is 30.7. The van der Waals surface area contributed by atoms with Crippen molar-refractivity contribution in [3.8, 4) is 23.0 Å². The molecule has 5 rings (SSSR count). The van der Waals surface area contributed by atoms with Crippen LogP contribution in [0.5, 0.6) is 23.0 Å². The van der Waals surface area contributed by atoms with Crippen LogP contribution in [0.4, 0.5) is 0 Å². The van der Waals surface area contributed by atoms with Crippen molar-refractivity contribution in [2.75, 3.05) is 106 Å². The van der Waals surface area contributed by atoms with Crippen molar-refractivity contribution in [3.63, 3.8) is 0 Å². The summed E-state index contributed by atoms with van der Waals surface area (Å²) in [7, 11) is 0. The summed E-state index contributed by atoms with van der Waals surface area (Å²) in [6.07, 6.45) is 0. The van der Waals surface area contributed by atoms with Crippen LogP contribution in [-0.4, -0.2) is 123 Å². The number of carbonyl (C=O) groups excluding carboxylic acids is 2. The van der Waals surface area contributed by atoms with Crippen molar-refractivity contribution >= 4 is 11.8 Å². The number of nitrogens with one attached hydrogen (secondary N) is 2. The Morgan fingerprint density at radius 1 is 0.404 bits per heavy atom. The van der Waals surface area contributed by atoms with Crippen molar-refractivity contribution < 1.29 is 57.0 Å². The summed E-state index contributed by atoms with van der Waals surface area (Å²) in [5.41, 5.74) is 1.66. The molecule has 8 bridgehead atoms. The fourth-order valence-corrected chi connectivity index (χ4v) is 4.99. The van der Waals surface area contributed by atoms with Gasteiger partial charge < -0.3 is 58.0 Å². The Morgan fingerprint density at radius 2 is 0.692 bits per heavy atom. The molecule has 0 spiro atoms. The van der Waals surface area contributed by atoms with Gasteiger partial charge in [0.05, 0.1) is 79.3 Å². The normalized spacial score (nSPS) is 18.7. The van der Waals surface area contributed by atoms with Gasteiger partial charge >= 0.3 is 0 Å². The molecule has 2 aliphatic rings. The van der Waals surface area contributed by atoms with Crippen LogP contribution in [0.2, 0.25) is 0 Å². The lowest BCUT2D eigenvalue weighted by Crippen LogP contribution is -2.27. The Balaban J connectivity index is 1.35. The van der Waals surface area contributed by atoms with E-state index < -0.39 is 11.8 Å². The number of carbonyl (C=O) groups is 2. The number of pyridine rings is 1. The molecule has 0 aliphatic carbocycles. The van der Waals surface area contributed by atoms with E-state index in [1.165, 1.54) is 0 Å². The molecule has 52 heavy (non-hydrogen) atoms. The lowest BCUT2D eigenvalue weighted by Gasteiger charge is -2.14. The van der Waals surface area contributed by atoms with Gasteiger partial charge in [0, 0.05) is 25.2 Å². The monoisotopic (exact) mass is 725 g/mol. The number of fused-ring (bicyclic) bond motifs is 8. The number of rotatable bonds is 0. The van der Waals surface area contributed by atoms with Crippen LogP contribution >= 0.6 is 0 Å². The van der Waals surface area contributed by atoms with Gasteiger partial charge in [-0.25, -0.2) is 4.98 Å². The predicted octanol–water partition coefficient (Wildman–Crippen LogP) is 2.58. The molecular weight excluding hydrogens is 678 g/mol. The number of nitrogens with zero attached hydrogens (tertiary/aromatic N) is 1. The predicted molar refractivity (Wildman–Crippen MR) is 186 cm³/mol. The molecule has 1 aromatic heterocycles. The van der Waals surface area contributed by atoms with Crippen molar-refractivity contribution in [1.82, 2.24) is 15.6 Å². The molecule has 2 amide bonds. The lowest BCUT2D eigenvalue weighted by molar-refractivity contribution is 0.00433. The van der Waals surface area contributed by atoms with Crippen LogP contribution in [-0.2, 0) is 41.5 Å². The fraction of sp³-hybridized carbons (Fsp3) is 0.486. The number of aromatic nitrogens is 1. The largest absolute Gasteiger partial charge is 0.491 e. The Hall–Kier alpha value is -4.51. The molecule has 0 saturated heterocycles. The third-order valence-corrected chi connectivity index (χ3v) is 7.47. The van der Waals surface area contributed by atoms with E-state index in [1.54, 1.807) is 30.3 Å². The van der Waals surface area contributed by atoms with Gasteiger partial charge in [-0.05, 0) is 47.5 Å². The van der Waals surface area contributed by atoms with E-state index >= 15 is 0 Å². The zero-order valence-corrected chi connectivity index (χ0v) is 29.3. The van der Waals surface area contributed by atoms with Gasteiger partial charge in [0.15, 0.2) is 0 Å². The van der Waals surface area contributed by atoms with E-state index in [1.807, 2.05) is 24.3 Å². The molecule has 3 heterocycles. The zero-order valence-electron chi connectivity index (χ0n) is 29.3. The molecule has 2 aliphatic heterocycles. The Bertz CT molecular complexity index is 1370.